The molecule has 3 aromatic rings. The maximum atomic E-state index is 13.0. The highest BCUT2D eigenvalue weighted by Crippen LogP contribution is 2.23. The van der Waals surface area contributed by atoms with Crippen LogP contribution in [0.25, 0.3) is 16.6 Å². The van der Waals surface area contributed by atoms with Crippen LogP contribution in [-0.4, -0.2) is 21.2 Å². The topological polar surface area (TPSA) is 67.6 Å². The van der Waals surface area contributed by atoms with Gasteiger partial charge < -0.3 is 0 Å². The van der Waals surface area contributed by atoms with Gasteiger partial charge in [-0.3, -0.25) is 9.59 Å². The van der Waals surface area contributed by atoms with Gasteiger partial charge in [0.15, 0.2) is 0 Å². The third kappa shape index (κ3) is 2.20. The molecule has 2 heterocycles. The number of hydrogen-bond donors (Lipinski definition) is 0. The molecule has 2 aromatic carbocycles. The Morgan fingerprint density at radius 3 is 2.38 bits per heavy atom. The van der Waals surface area contributed by atoms with E-state index in [2.05, 4.69) is 10.1 Å². The van der Waals surface area contributed by atoms with Crippen molar-refractivity contribution < 1.29 is 4.79 Å². The number of hydrazone groups is 1. The highest BCUT2D eigenvalue weighted by molar-refractivity contribution is 6.11. The average molecular weight is 318 g/mol. The molecule has 1 aliphatic heterocycles. The fourth-order valence-electron chi connectivity index (χ4n) is 2.78. The first-order valence-electron chi connectivity index (χ1n) is 7.59. The van der Waals surface area contributed by atoms with Gasteiger partial charge in [-0.1, -0.05) is 30.3 Å². The Bertz CT molecular complexity index is 1040. The van der Waals surface area contributed by atoms with Crippen molar-refractivity contribution in [3.63, 3.8) is 0 Å². The van der Waals surface area contributed by atoms with Crippen LogP contribution in [0.5, 0.6) is 0 Å². The van der Waals surface area contributed by atoms with E-state index in [1.54, 1.807) is 37.3 Å². The molecule has 0 fully saturated rings. The van der Waals surface area contributed by atoms with E-state index in [0.29, 0.717) is 22.3 Å². The smallest absolute Gasteiger partial charge is 0.267 e. The summed E-state index contributed by atoms with van der Waals surface area (Å²) >= 11 is 0. The fraction of sp³-hybridized carbons (Fsp3) is 0.111. The van der Waals surface area contributed by atoms with Gasteiger partial charge in [-0.25, -0.2) is 9.55 Å². The quantitative estimate of drug-likeness (QED) is 0.729. The van der Waals surface area contributed by atoms with E-state index in [1.807, 2.05) is 24.3 Å². The summed E-state index contributed by atoms with van der Waals surface area (Å²) in [7, 11) is 0. The largest absolute Gasteiger partial charge is 0.272 e. The molecular formula is C18H14N4O2. The molecule has 0 saturated heterocycles. The number of nitrogens with zero attached hydrogens (tertiary/aromatic N) is 4. The Kier molecular flexibility index (Phi) is 3.23. The first-order chi connectivity index (χ1) is 11.6. The van der Waals surface area contributed by atoms with Gasteiger partial charge in [0.25, 0.3) is 11.5 Å². The summed E-state index contributed by atoms with van der Waals surface area (Å²) in [5.41, 5.74) is 1.65. The Labute approximate surface area is 137 Å². The second-order valence-electron chi connectivity index (χ2n) is 5.62. The van der Waals surface area contributed by atoms with Crippen LogP contribution in [0.1, 0.15) is 13.3 Å². The van der Waals surface area contributed by atoms with Gasteiger partial charge in [0.05, 0.1) is 23.0 Å². The number of para-hydroxylation sites is 2. The predicted molar refractivity (Wildman–Crippen MR) is 92.6 cm³/mol. The number of hydrogen-bond acceptors (Lipinski definition) is 4. The number of anilines is 1. The molecule has 0 bridgehead atoms. The molecule has 4 rings (SSSR count). The highest BCUT2D eigenvalue weighted by atomic mass is 16.2. The second kappa shape index (κ2) is 5.42. The maximum absolute atomic E-state index is 13.0. The minimum Gasteiger partial charge on any atom is -0.272 e. The fourth-order valence-corrected chi connectivity index (χ4v) is 2.78. The zero-order chi connectivity index (χ0) is 16.7. The minimum atomic E-state index is -0.227. The molecule has 0 atom stereocenters. The number of aromatic nitrogens is 2. The van der Waals surface area contributed by atoms with Crippen LogP contribution in [0.3, 0.4) is 0 Å². The van der Waals surface area contributed by atoms with Crippen LogP contribution < -0.4 is 10.6 Å². The van der Waals surface area contributed by atoms with Gasteiger partial charge in [-0.15, -0.1) is 0 Å². The van der Waals surface area contributed by atoms with Crippen LogP contribution in [0.2, 0.25) is 0 Å². The molecular weight excluding hydrogens is 304 g/mol. The molecule has 0 saturated carbocycles. The van der Waals surface area contributed by atoms with Crippen LogP contribution in [0.4, 0.5) is 5.95 Å². The molecule has 118 valence electrons. The molecule has 1 aliphatic rings. The lowest BCUT2D eigenvalue weighted by Gasteiger charge is -2.18. The molecule has 1 amide bonds. The Balaban J connectivity index is 2.08. The average Bonchev–Trinajstić information content (AvgIpc) is 2.94. The number of fused-ring (bicyclic) bond motifs is 1. The number of amides is 1. The summed E-state index contributed by atoms with van der Waals surface area (Å²) in [5.74, 6) is 0.0195. The number of rotatable bonds is 2. The van der Waals surface area contributed by atoms with Gasteiger partial charge in [0.2, 0.25) is 5.95 Å². The molecule has 0 radical (unpaired) electrons. The van der Waals surface area contributed by atoms with Crippen LogP contribution in [0.15, 0.2) is 64.5 Å². The molecule has 0 N–H and O–H groups in total. The third-order valence-corrected chi connectivity index (χ3v) is 3.88. The summed E-state index contributed by atoms with van der Waals surface area (Å²) in [6.45, 7) is 1.78. The first-order valence-corrected chi connectivity index (χ1v) is 7.59. The molecule has 24 heavy (non-hydrogen) atoms. The molecule has 6 nitrogen and oxygen atoms in total. The number of benzene rings is 2. The van der Waals surface area contributed by atoms with E-state index in [1.165, 1.54) is 9.58 Å². The van der Waals surface area contributed by atoms with Crippen molar-refractivity contribution in [3.8, 4) is 5.69 Å². The molecule has 6 heteroatoms. The molecule has 0 spiro atoms. The monoisotopic (exact) mass is 318 g/mol. The minimum absolute atomic E-state index is 0.195. The second-order valence-corrected chi connectivity index (χ2v) is 5.62. The third-order valence-electron chi connectivity index (χ3n) is 3.88. The molecule has 0 unspecified atom stereocenters. The number of carbonyl (C=O) groups excluding carboxylic acids is 1. The summed E-state index contributed by atoms with van der Waals surface area (Å²) < 4.78 is 1.43. The van der Waals surface area contributed by atoms with Crippen molar-refractivity contribution in [1.82, 2.24) is 9.55 Å². The van der Waals surface area contributed by atoms with E-state index in [-0.39, 0.29) is 23.8 Å². The summed E-state index contributed by atoms with van der Waals surface area (Å²) in [6, 6.07) is 16.2. The Morgan fingerprint density at radius 1 is 0.958 bits per heavy atom. The van der Waals surface area contributed by atoms with Gasteiger partial charge in [-0.2, -0.15) is 10.1 Å². The van der Waals surface area contributed by atoms with Crippen molar-refractivity contribution >= 4 is 28.5 Å². The Hall–Kier alpha value is -3.28. The van der Waals surface area contributed by atoms with E-state index in [0.717, 1.165) is 0 Å². The van der Waals surface area contributed by atoms with Gasteiger partial charge in [0.1, 0.15) is 0 Å². The number of carbonyl (C=O) groups is 1. The Morgan fingerprint density at radius 2 is 1.67 bits per heavy atom. The van der Waals surface area contributed by atoms with Crippen LogP contribution in [-0.2, 0) is 4.79 Å². The van der Waals surface area contributed by atoms with Gasteiger partial charge in [-0.05, 0) is 31.2 Å². The zero-order valence-electron chi connectivity index (χ0n) is 13.0. The zero-order valence-corrected chi connectivity index (χ0v) is 13.0. The lowest BCUT2D eigenvalue weighted by Crippen LogP contribution is -2.30. The van der Waals surface area contributed by atoms with Crippen LogP contribution in [0, 0.1) is 0 Å². The predicted octanol–water partition coefficient (Wildman–Crippen LogP) is 2.50. The van der Waals surface area contributed by atoms with Crippen LogP contribution >= 0.6 is 0 Å². The first kappa shape index (κ1) is 14.3. The van der Waals surface area contributed by atoms with Gasteiger partial charge >= 0.3 is 0 Å². The lowest BCUT2D eigenvalue weighted by molar-refractivity contribution is -0.117. The van der Waals surface area contributed by atoms with Crippen molar-refractivity contribution in [3.05, 3.63) is 65.0 Å². The summed E-state index contributed by atoms with van der Waals surface area (Å²) in [5, 5.41) is 5.97. The molecule has 0 aliphatic carbocycles. The maximum Gasteiger partial charge on any atom is 0.267 e. The normalized spacial score (nSPS) is 14.3. The summed E-state index contributed by atoms with van der Waals surface area (Å²) in [6.07, 6.45) is 0.234. The summed E-state index contributed by atoms with van der Waals surface area (Å²) in [4.78, 5) is 29.8. The van der Waals surface area contributed by atoms with E-state index in [9.17, 15) is 9.59 Å². The lowest BCUT2D eigenvalue weighted by atomic mass is 10.2. The van der Waals surface area contributed by atoms with Crippen molar-refractivity contribution in [1.29, 1.82) is 0 Å². The highest BCUT2D eigenvalue weighted by Gasteiger charge is 2.28. The van der Waals surface area contributed by atoms with Crippen molar-refractivity contribution in [2.24, 2.45) is 5.10 Å². The molecule has 1 aromatic heterocycles. The van der Waals surface area contributed by atoms with Gasteiger partial charge in [0, 0.05) is 5.71 Å². The van der Waals surface area contributed by atoms with Crippen molar-refractivity contribution in [2.75, 3.05) is 5.01 Å². The SMILES string of the molecule is CC1=NN(c2nc3ccccc3c(=O)n2-c2ccccc2)C(=O)C1. The van der Waals surface area contributed by atoms with E-state index < -0.39 is 0 Å². The van der Waals surface area contributed by atoms with E-state index >= 15 is 0 Å². The van der Waals surface area contributed by atoms with E-state index in [4.69, 9.17) is 0 Å². The van der Waals surface area contributed by atoms with Crippen molar-refractivity contribution in [2.45, 2.75) is 13.3 Å². The standard InChI is InChI=1S/C18H14N4O2/c1-12-11-16(23)22(20-12)18-19-15-10-6-5-9-14(15)17(24)21(18)13-7-3-2-4-8-13/h2-10H,11H2,1H3.